The summed E-state index contributed by atoms with van der Waals surface area (Å²) in [5.41, 5.74) is 0. The van der Waals surface area contributed by atoms with E-state index in [1.54, 1.807) is 0 Å². The van der Waals surface area contributed by atoms with E-state index in [1.807, 2.05) is 0 Å². The van der Waals surface area contributed by atoms with Crippen LogP contribution in [-0.4, -0.2) is 96.7 Å². The number of phosphoric acid groups is 2. The molecule has 0 spiro atoms. The van der Waals surface area contributed by atoms with E-state index in [2.05, 4.69) is 58.9 Å². The quantitative estimate of drug-likeness (QED) is 0.0169. The SMILES string of the molecule is CCCCCC/C=C\C=C/CCCCCCCC(=O)O[C@H](COC(=O)CCCCCCCCCCCCCCC)COP(=O)(O)OC[C@H](O)COP(=O)(O)OC[C@@H](COC(=O)CCCCCCCCCCCCCCCCCCC(C)C)OC(=O)CCCCCCCCCCCCCCCCCCCCCCCC. The van der Waals surface area contributed by atoms with Crippen molar-refractivity contribution in [2.24, 2.45) is 5.92 Å². The Hall–Kier alpha value is -2.46. The van der Waals surface area contributed by atoms with Crippen molar-refractivity contribution in [2.75, 3.05) is 39.6 Å². The monoisotopic (exact) mass is 1590 g/mol. The van der Waals surface area contributed by atoms with Gasteiger partial charge in [-0.2, -0.15) is 0 Å². The van der Waals surface area contributed by atoms with E-state index in [0.29, 0.717) is 25.7 Å². The van der Waals surface area contributed by atoms with Crippen LogP contribution in [0.1, 0.15) is 465 Å². The molecule has 0 aromatic carbocycles. The molecule has 19 heteroatoms. The summed E-state index contributed by atoms with van der Waals surface area (Å²) in [4.78, 5) is 73.4. The second-order valence-electron chi connectivity index (χ2n) is 32.1. The molecule has 0 aliphatic heterocycles. The van der Waals surface area contributed by atoms with Crippen LogP contribution in [-0.2, 0) is 65.4 Å². The first-order valence-electron chi connectivity index (χ1n) is 46.0. The molecular weight excluding hydrogens is 1410 g/mol. The number of unbranched alkanes of at least 4 members (excludes halogenated alkanes) is 57. The van der Waals surface area contributed by atoms with Gasteiger partial charge in [0.25, 0.3) is 0 Å². The fourth-order valence-corrected chi connectivity index (χ4v) is 15.2. The molecule has 3 N–H and O–H groups in total. The Kier molecular flexibility index (Phi) is 80.2. The van der Waals surface area contributed by atoms with Crippen LogP contribution < -0.4 is 0 Å². The van der Waals surface area contributed by atoms with E-state index in [1.165, 1.54) is 276 Å². The Labute approximate surface area is 669 Å². The lowest BCUT2D eigenvalue weighted by molar-refractivity contribution is -0.161. The predicted octanol–water partition coefficient (Wildman–Crippen LogP) is 27.5. The number of esters is 4. The zero-order valence-electron chi connectivity index (χ0n) is 71.2. The van der Waals surface area contributed by atoms with Gasteiger partial charge >= 0.3 is 39.5 Å². The average molecular weight is 1590 g/mol. The zero-order valence-corrected chi connectivity index (χ0v) is 73.0. The maximum Gasteiger partial charge on any atom is 0.472 e. The van der Waals surface area contributed by atoms with Crippen LogP contribution in [0.15, 0.2) is 24.3 Å². The minimum Gasteiger partial charge on any atom is -0.462 e. The number of phosphoric ester groups is 2. The van der Waals surface area contributed by atoms with Crippen LogP contribution >= 0.6 is 15.6 Å². The molecule has 17 nitrogen and oxygen atoms in total. The number of rotatable bonds is 88. The first-order valence-corrected chi connectivity index (χ1v) is 48.9. The van der Waals surface area contributed by atoms with Gasteiger partial charge in [0.2, 0.25) is 0 Å². The molecule has 2 unspecified atom stereocenters. The Bertz CT molecular complexity index is 2160. The van der Waals surface area contributed by atoms with E-state index >= 15 is 0 Å². The minimum absolute atomic E-state index is 0.0860. The molecule has 0 saturated carbocycles. The lowest BCUT2D eigenvalue weighted by Crippen LogP contribution is -2.30. The summed E-state index contributed by atoms with van der Waals surface area (Å²) in [6.45, 7) is 7.35. The first kappa shape index (κ1) is 107. The zero-order chi connectivity index (χ0) is 79.7. The van der Waals surface area contributed by atoms with Crippen LogP contribution in [0, 0.1) is 5.92 Å². The van der Waals surface area contributed by atoms with E-state index in [0.717, 1.165) is 109 Å². The van der Waals surface area contributed by atoms with Gasteiger partial charge in [0.05, 0.1) is 26.4 Å². The third-order valence-corrected chi connectivity index (χ3v) is 22.6. The van der Waals surface area contributed by atoms with Gasteiger partial charge in [0.15, 0.2) is 12.2 Å². The minimum atomic E-state index is -4.97. The van der Waals surface area contributed by atoms with E-state index < -0.39 is 97.5 Å². The molecule has 0 heterocycles. The standard InChI is InChI=1S/C90H172O17P2/c1-6-9-12-15-18-21-24-27-29-30-31-32-33-34-35-41-46-51-56-61-66-71-76-90(95)107-86(80-101-88(93)74-69-64-59-54-49-44-40-37-36-39-43-47-52-57-62-67-72-83(4)5)82-105-109(98,99)103-78-84(91)77-102-108(96,97)104-81-85(79-100-87(92)73-68-63-58-53-48-42-26-23-20-17-14-11-8-3)106-89(94)75-70-65-60-55-50-45-38-28-25-22-19-16-13-10-7-2/h22,25,28,38,83-86,91H,6-21,23-24,26-27,29-37,39-82H2,1-5H3,(H,96,97)(H,98,99)/b25-22-,38-28-/t84-,85+,86+/m0/s1. The van der Waals surface area contributed by atoms with Crippen molar-refractivity contribution < 1.29 is 80.2 Å². The molecule has 0 amide bonds. The Morgan fingerprint density at radius 3 is 0.752 bits per heavy atom. The third-order valence-electron chi connectivity index (χ3n) is 20.7. The highest BCUT2D eigenvalue weighted by molar-refractivity contribution is 7.47. The summed E-state index contributed by atoms with van der Waals surface area (Å²) in [5.74, 6) is -1.31. The molecule has 0 aromatic rings. The van der Waals surface area contributed by atoms with Crippen molar-refractivity contribution in [3.05, 3.63) is 24.3 Å². The lowest BCUT2D eigenvalue weighted by Gasteiger charge is -2.21. The van der Waals surface area contributed by atoms with Gasteiger partial charge in [-0.3, -0.25) is 37.3 Å². The molecule has 0 aromatic heterocycles. The molecule has 0 bridgehead atoms. The fraction of sp³-hybridized carbons (Fsp3) is 0.911. The highest BCUT2D eigenvalue weighted by Crippen LogP contribution is 2.45. The number of carbonyl (C=O) groups excluding carboxylic acids is 4. The van der Waals surface area contributed by atoms with Crippen molar-refractivity contribution in [2.45, 2.75) is 483 Å². The summed E-state index contributed by atoms with van der Waals surface area (Å²) < 4.78 is 69.0. The Balaban J connectivity index is 5.27. The number of aliphatic hydroxyl groups excluding tert-OH is 1. The van der Waals surface area contributed by atoms with Crippen LogP contribution in [0.5, 0.6) is 0 Å². The Morgan fingerprint density at radius 2 is 0.495 bits per heavy atom. The van der Waals surface area contributed by atoms with Gasteiger partial charge < -0.3 is 33.8 Å². The molecular formula is C90H172O17P2. The molecule has 644 valence electrons. The van der Waals surface area contributed by atoms with Crippen LogP contribution in [0.4, 0.5) is 0 Å². The number of hydrogen-bond donors (Lipinski definition) is 3. The highest BCUT2D eigenvalue weighted by atomic mass is 31.2. The molecule has 5 atom stereocenters. The molecule has 0 saturated heterocycles. The van der Waals surface area contributed by atoms with Gasteiger partial charge in [-0.1, -0.05) is 412 Å². The van der Waals surface area contributed by atoms with Crippen LogP contribution in [0.25, 0.3) is 0 Å². The maximum absolute atomic E-state index is 13.2. The van der Waals surface area contributed by atoms with Gasteiger partial charge in [-0.25, -0.2) is 9.13 Å². The summed E-state index contributed by atoms with van der Waals surface area (Å²) in [7, 11) is -9.95. The molecule has 109 heavy (non-hydrogen) atoms. The summed E-state index contributed by atoms with van der Waals surface area (Å²) >= 11 is 0. The van der Waals surface area contributed by atoms with Gasteiger partial charge in [-0.05, 0) is 57.3 Å². The molecule has 0 aliphatic rings. The molecule has 0 aliphatic carbocycles. The molecule has 0 fully saturated rings. The topological polar surface area (TPSA) is 237 Å². The third kappa shape index (κ3) is 83.3. The summed E-state index contributed by atoms with van der Waals surface area (Å²) in [6, 6.07) is 0. The van der Waals surface area contributed by atoms with Crippen molar-refractivity contribution in [3.63, 3.8) is 0 Å². The van der Waals surface area contributed by atoms with Gasteiger partial charge in [-0.15, -0.1) is 0 Å². The predicted molar refractivity (Wildman–Crippen MR) is 451 cm³/mol. The second-order valence-corrected chi connectivity index (χ2v) is 35.0. The van der Waals surface area contributed by atoms with E-state index in [4.69, 9.17) is 37.0 Å². The van der Waals surface area contributed by atoms with Crippen molar-refractivity contribution in [3.8, 4) is 0 Å². The first-order chi connectivity index (χ1) is 53.0. The number of hydrogen-bond acceptors (Lipinski definition) is 15. The van der Waals surface area contributed by atoms with E-state index in [9.17, 15) is 43.2 Å². The van der Waals surface area contributed by atoms with Crippen LogP contribution in [0.2, 0.25) is 0 Å². The normalized spacial score (nSPS) is 13.8. The second kappa shape index (κ2) is 82.1. The Morgan fingerprint density at radius 1 is 0.284 bits per heavy atom. The van der Waals surface area contributed by atoms with Gasteiger partial charge in [0, 0.05) is 25.7 Å². The molecule has 0 rings (SSSR count). The van der Waals surface area contributed by atoms with Crippen molar-refractivity contribution in [1.29, 1.82) is 0 Å². The van der Waals surface area contributed by atoms with Crippen molar-refractivity contribution in [1.82, 2.24) is 0 Å². The number of carbonyl (C=O) groups is 4. The van der Waals surface area contributed by atoms with Gasteiger partial charge in [0.1, 0.15) is 19.3 Å². The number of aliphatic hydroxyl groups is 1. The average Bonchev–Trinajstić information content (AvgIpc) is 0.900. The highest BCUT2D eigenvalue weighted by Gasteiger charge is 2.30. The fourth-order valence-electron chi connectivity index (χ4n) is 13.6. The summed E-state index contributed by atoms with van der Waals surface area (Å²) in [6.07, 6.45) is 80.0. The maximum atomic E-state index is 13.2. The van der Waals surface area contributed by atoms with Crippen molar-refractivity contribution >= 4 is 39.5 Å². The van der Waals surface area contributed by atoms with E-state index in [-0.39, 0.29) is 25.7 Å². The number of ether oxygens (including phenoxy) is 4. The molecule has 0 radical (unpaired) electrons. The smallest absolute Gasteiger partial charge is 0.462 e. The summed E-state index contributed by atoms with van der Waals surface area (Å²) in [5, 5.41) is 10.7. The number of allylic oxidation sites excluding steroid dienone is 4. The lowest BCUT2D eigenvalue weighted by atomic mass is 10.0. The van der Waals surface area contributed by atoms with Crippen LogP contribution in [0.3, 0.4) is 0 Å². The largest absolute Gasteiger partial charge is 0.472 e.